The number of fused-ring (bicyclic) bond motifs is 3. The zero-order valence-corrected chi connectivity index (χ0v) is 16.3. The van der Waals surface area contributed by atoms with Crippen molar-refractivity contribution in [1.82, 2.24) is 9.80 Å². The Balaban J connectivity index is 1.73. The van der Waals surface area contributed by atoms with E-state index in [9.17, 15) is 4.79 Å². The Morgan fingerprint density at radius 3 is 2.36 bits per heavy atom. The van der Waals surface area contributed by atoms with Crippen LogP contribution >= 0.6 is 11.6 Å². The molecule has 2 heterocycles. The van der Waals surface area contributed by atoms with Gasteiger partial charge in [-0.15, -0.1) is 0 Å². The lowest BCUT2D eigenvalue weighted by molar-refractivity contribution is -0.0433. The molecule has 2 aliphatic rings. The van der Waals surface area contributed by atoms with Gasteiger partial charge in [0.15, 0.2) is 0 Å². The van der Waals surface area contributed by atoms with Gasteiger partial charge in [0.2, 0.25) is 0 Å². The van der Waals surface area contributed by atoms with E-state index in [0.29, 0.717) is 5.02 Å². The first-order valence-corrected chi connectivity index (χ1v) is 10.1. The third-order valence-corrected chi connectivity index (χ3v) is 6.15. The van der Waals surface area contributed by atoms with Crippen molar-refractivity contribution in [3.05, 3.63) is 106 Å². The molecule has 5 rings (SSSR count). The van der Waals surface area contributed by atoms with Crippen LogP contribution in [0.15, 0.2) is 78.9 Å². The van der Waals surface area contributed by atoms with Crippen LogP contribution in [0.25, 0.3) is 0 Å². The summed E-state index contributed by atoms with van der Waals surface area (Å²) in [5, 5.41) is 0.703. The fourth-order valence-electron chi connectivity index (χ4n) is 4.77. The Morgan fingerprint density at radius 1 is 0.857 bits per heavy atom. The second-order valence-electron chi connectivity index (χ2n) is 7.44. The maximum absolute atomic E-state index is 13.3. The standard InChI is InChI=1S/C24H21ClN2O/c25-20-13-11-19(12-14-20)24-22-10-5-4-9-21(22)23(28)27(24)16-6-15-26(24)17-18-7-2-1-3-8-18/h1-5,7-14H,6,15-17H2. The van der Waals surface area contributed by atoms with Gasteiger partial charge in [-0.05, 0) is 35.7 Å². The van der Waals surface area contributed by atoms with Crippen LogP contribution in [0.1, 0.15) is 33.5 Å². The van der Waals surface area contributed by atoms with E-state index in [0.717, 1.165) is 42.7 Å². The number of halogens is 1. The molecule has 28 heavy (non-hydrogen) atoms. The molecule has 1 saturated heterocycles. The molecule has 3 nitrogen and oxygen atoms in total. The fourth-order valence-corrected chi connectivity index (χ4v) is 4.90. The number of rotatable bonds is 3. The van der Waals surface area contributed by atoms with Gasteiger partial charge in [-0.3, -0.25) is 9.69 Å². The van der Waals surface area contributed by atoms with Gasteiger partial charge in [0.25, 0.3) is 5.91 Å². The summed E-state index contributed by atoms with van der Waals surface area (Å²) >= 11 is 6.19. The quantitative estimate of drug-likeness (QED) is 0.637. The summed E-state index contributed by atoms with van der Waals surface area (Å²) in [7, 11) is 0. The lowest BCUT2D eigenvalue weighted by atomic mass is 9.87. The molecule has 0 bridgehead atoms. The van der Waals surface area contributed by atoms with Crippen LogP contribution in [-0.4, -0.2) is 28.8 Å². The largest absolute Gasteiger partial charge is 0.312 e. The van der Waals surface area contributed by atoms with Crippen LogP contribution < -0.4 is 0 Å². The summed E-state index contributed by atoms with van der Waals surface area (Å²) in [5.41, 5.74) is 3.61. The lowest BCUT2D eigenvalue weighted by Gasteiger charge is -2.51. The molecular formula is C24H21ClN2O. The number of amides is 1. The maximum Gasteiger partial charge on any atom is 0.256 e. The molecule has 140 valence electrons. The molecule has 1 fully saturated rings. The molecule has 0 N–H and O–H groups in total. The van der Waals surface area contributed by atoms with Gasteiger partial charge in [-0.1, -0.05) is 72.3 Å². The van der Waals surface area contributed by atoms with E-state index in [1.54, 1.807) is 0 Å². The Hall–Kier alpha value is -2.62. The molecule has 0 aromatic heterocycles. The first-order valence-electron chi connectivity index (χ1n) is 9.68. The van der Waals surface area contributed by atoms with Gasteiger partial charge in [-0.2, -0.15) is 0 Å². The average molecular weight is 389 g/mol. The molecule has 1 amide bonds. The van der Waals surface area contributed by atoms with Crippen LogP contribution in [0.4, 0.5) is 0 Å². The zero-order valence-electron chi connectivity index (χ0n) is 15.5. The minimum Gasteiger partial charge on any atom is -0.312 e. The topological polar surface area (TPSA) is 23.6 Å². The van der Waals surface area contributed by atoms with Crippen molar-refractivity contribution < 1.29 is 4.79 Å². The van der Waals surface area contributed by atoms with Crippen molar-refractivity contribution in [2.45, 2.75) is 18.6 Å². The van der Waals surface area contributed by atoms with Gasteiger partial charge in [0, 0.05) is 35.8 Å². The molecule has 3 aromatic rings. The fraction of sp³-hybridized carbons (Fsp3) is 0.208. The van der Waals surface area contributed by atoms with Crippen LogP contribution in [0, 0.1) is 0 Å². The number of hydrogen-bond donors (Lipinski definition) is 0. The molecule has 0 aliphatic carbocycles. The predicted molar refractivity (Wildman–Crippen MR) is 111 cm³/mol. The van der Waals surface area contributed by atoms with Crippen molar-refractivity contribution in [3.8, 4) is 0 Å². The summed E-state index contributed by atoms with van der Waals surface area (Å²) in [6.07, 6.45) is 0.960. The number of carbonyl (C=O) groups is 1. The molecule has 0 saturated carbocycles. The van der Waals surface area contributed by atoms with E-state index in [-0.39, 0.29) is 5.91 Å². The monoisotopic (exact) mass is 388 g/mol. The molecule has 4 heteroatoms. The van der Waals surface area contributed by atoms with Crippen molar-refractivity contribution >= 4 is 17.5 Å². The number of carbonyl (C=O) groups excluding carboxylic acids is 1. The molecule has 0 radical (unpaired) electrons. The Bertz CT molecular complexity index is 1020. The number of benzene rings is 3. The van der Waals surface area contributed by atoms with Crippen LogP contribution in [-0.2, 0) is 12.2 Å². The van der Waals surface area contributed by atoms with Gasteiger partial charge in [0.1, 0.15) is 5.66 Å². The van der Waals surface area contributed by atoms with E-state index in [1.165, 1.54) is 5.56 Å². The SMILES string of the molecule is O=C1c2ccccc2C2(c3ccc(Cl)cc3)N(Cc3ccccc3)CCCN12. The Kier molecular flexibility index (Phi) is 4.22. The van der Waals surface area contributed by atoms with Crippen molar-refractivity contribution in [2.24, 2.45) is 0 Å². The summed E-state index contributed by atoms with van der Waals surface area (Å²) in [5.74, 6) is 0.114. The van der Waals surface area contributed by atoms with Crippen molar-refractivity contribution in [3.63, 3.8) is 0 Å². The van der Waals surface area contributed by atoms with Crippen LogP contribution in [0.3, 0.4) is 0 Å². The highest BCUT2D eigenvalue weighted by Gasteiger charge is 2.55. The summed E-state index contributed by atoms with van der Waals surface area (Å²) in [6, 6.07) is 26.5. The molecule has 0 spiro atoms. The Morgan fingerprint density at radius 2 is 1.57 bits per heavy atom. The minimum absolute atomic E-state index is 0.114. The lowest BCUT2D eigenvalue weighted by Crippen LogP contribution is -2.60. The highest BCUT2D eigenvalue weighted by atomic mass is 35.5. The smallest absolute Gasteiger partial charge is 0.256 e. The molecule has 1 atom stereocenters. The van der Waals surface area contributed by atoms with Crippen molar-refractivity contribution in [1.29, 1.82) is 0 Å². The van der Waals surface area contributed by atoms with Crippen LogP contribution in [0.2, 0.25) is 5.02 Å². The molecule has 1 unspecified atom stereocenters. The van der Waals surface area contributed by atoms with E-state index < -0.39 is 5.66 Å². The normalized spacial score (nSPS) is 21.5. The predicted octanol–water partition coefficient (Wildman–Crippen LogP) is 4.90. The summed E-state index contributed by atoms with van der Waals surface area (Å²) in [6.45, 7) is 2.46. The third kappa shape index (κ3) is 2.50. The van der Waals surface area contributed by atoms with Gasteiger partial charge in [0.05, 0.1) is 0 Å². The molecule has 2 aliphatic heterocycles. The van der Waals surface area contributed by atoms with Crippen molar-refractivity contribution in [2.75, 3.05) is 13.1 Å². The second kappa shape index (κ2) is 6.77. The average Bonchev–Trinajstić information content (AvgIpc) is 3.00. The first kappa shape index (κ1) is 17.5. The summed E-state index contributed by atoms with van der Waals surface area (Å²) in [4.78, 5) is 17.8. The van der Waals surface area contributed by atoms with E-state index in [4.69, 9.17) is 11.6 Å². The van der Waals surface area contributed by atoms with E-state index in [2.05, 4.69) is 47.4 Å². The Labute approximate surface area is 170 Å². The van der Waals surface area contributed by atoms with Gasteiger partial charge in [-0.25, -0.2) is 0 Å². The number of nitrogens with zero attached hydrogens (tertiary/aromatic N) is 2. The minimum atomic E-state index is -0.591. The van der Waals surface area contributed by atoms with Gasteiger partial charge < -0.3 is 4.90 Å². The molecular weight excluding hydrogens is 368 g/mol. The summed E-state index contributed by atoms with van der Waals surface area (Å²) < 4.78 is 0. The first-order chi connectivity index (χ1) is 13.7. The van der Waals surface area contributed by atoms with Crippen LogP contribution in [0.5, 0.6) is 0 Å². The van der Waals surface area contributed by atoms with E-state index >= 15 is 0 Å². The highest BCUT2D eigenvalue weighted by molar-refractivity contribution is 6.30. The third-order valence-electron chi connectivity index (χ3n) is 5.90. The highest BCUT2D eigenvalue weighted by Crippen LogP contribution is 2.49. The number of hydrogen-bond acceptors (Lipinski definition) is 2. The van der Waals surface area contributed by atoms with E-state index in [1.807, 2.05) is 41.3 Å². The maximum atomic E-state index is 13.3. The van der Waals surface area contributed by atoms with Gasteiger partial charge >= 0.3 is 0 Å². The second-order valence-corrected chi connectivity index (χ2v) is 7.88. The zero-order chi connectivity index (χ0) is 19.1. The molecule has 3 aromatic carbocycles.